The third kappa shape index (κ3) is 4.26. The molecule has 0 radical (unpaired) electrons. The Bertz CT molecular complexity index is 948. The number of hydrogen-bond donors (Lipinski definition) is 2. The second kappa shape index (κ2) is 8.77. The summed E-state index contributed by atoms with van der Waals surface area (Å²) in [7, 11) is -3.41. The second-order valence-electron chi connectivity index (χ2n) is 6.32. The maximum Gasteiger partial charge on any atom is 0.306 e. The standard InChI is InChI=1S/C22H23N2O3P/c1-2-15-24-22(25)17-13-14-21(20(23)16-17)27-28(26,18-9-5-3-6-10-18)19-11-7-4-8-12-19/h3-14,16H,2,15,23H2,1H3,(H,24,25). The summed E-state index contributed by atoms with van der Waals surface area (Å²) in [5, 5.41) is 3.95. The highest BCUT2D eigenvalue weighted by Crippen LogP contribution is 2.46. The average molecular weight is 394 g/mol. The number of amides is 1. The minimum absolute atomic E-state index is 0.200. The third-order valence-electron chi connectivity index (χ3n) is 4.23. The van der Waals surface area contributed by atoms with Gasteiger partial charge in [0, 0.05) is 12.1 Å². The number of anilines is 1. The van der Waals surface area contributed by atoms with Gasteiger partial charge in [0.1, 0.15) is 0 Å². The van der Waals surface area contributed by atoms with E-state index >= 15 is 0 Å². The molecule has 0 atom stereocenters. The zero-order chi connectivity index (χ0) is 20.0. The minimum atomic E-state index is -3.41. The van der Waals surface area contributed by atoms with Crippen LogP contribution in [-0.4, -0.2) is 12.5 Å². The van der Waals surface area contributed by atoms with E-state index in [2.05, 4.69) is 5.32 Å². The van der Waals surface area contributed by atoms with E-state index in [1.165, 1.54) is 0 Å². The largest absolute Gasteiger partial charge is 0.435 e. The molecule has 144 valence electrons. The zero-order valence-corrected chi connectivity index (χ0v) is 16.6. The molecule has 28 heavy (non-hydrogen) atoms. The molecule has 0 saturated heterocycles. The van der Waals surface area contributed by atoms with E-state index in [0.717, 1.165) is 6.42 Å². The van der Waals surface area contributed by atoms with Gasteiger partial charge >= 0.3 is 7.37 Å². The minimum Gasteiger partial charge on any atom is -0.435 e. The van der Waals surface area contributed by atoms with Crippen LogP contribution in [-0.2, 0) is 4.57 Å². The highest BCUT2D eigenvalue weighted by atomic mass is 31.2. The van der Waals surface area contributed by atoms with Crippen LogP contribution in [0.1, 0.15) is 23.7 Å². The summed E-state index contributed by atoms with van der Waals surface area (Å²) >= 11 is 0. The van der Waals surface area contributed by atoms with Gasteiger partial charge in [-0.05, 0) is 48.9 Å². The number of carbonyl (C=O) groups excluding carboxylic acids is 1. The Morgan fingerprint density at radius 1 is 0.964 bits per heavy atom. The van der Waals surface area contributed by atoms with Gasteiger partial charge in [0.15, 0.2) is 5.75 Å². The van der Waals surface area contributed by atoms with Crippen LogP contribution < -0.4 is 26.2 Å². The van der Waals surface area contributed by atoms with Crippen molar-refractivity contribution < 1.29 is 13.9 Å². The van der Waals surface area contributed by atoms with Crippen LogP contribution in [0, 0.1) is 0 Å². The quantitative estimate of drug-likeness (QED) is 0.473. The predicted octanol–water partition coefficient (Wildman–Crippen LogP) is 3.72. The first kappa shape index (κ1) is 19.7. The van der Waals surface area contributed by atoms with Gasteiger partial charge in [-0.2, -0.15) is 0 Å². The molecule has 1 amide bonds. The van der Waals surface area contributed by atoms with Crippen molar-refractivity contribution in [3.8, 4) is 5.75 Å². The van der Waals surface area contributed by atoms with Crippen LogP contribution in [0.4, 0.5) is 5.69 Å². The van der Waals surface area contributed by atoms with Crippen LogP contribution >= 0.6 is 7.37 Å². The average Bonchev–Trinajstić information content (AvgIpc) is 2.74. The van der Waals surface area contributed by atoms with E-state index < -0.39 is 7.37 Å². The summed E-state index contributed by atoms with van der Waals surface area (Å²) in [6.07, 6.45) is 0.847. The number of hydrogen-bond acceptors (Lipinski definition) is 4. The Morgan fingerprint density at radius 2 is 1.54 bits per heavy atom. The molecular weight excluding hydrogens is 371 g/mol. The maximum absolute atomic E-state index is 13.9. The molecule has 3 rings (SSSR count). The molecule has 0 heterocycles. The summed E-state index contributed by atoms with van der Waals surface area (Å²) in [5.41, 5.74) is 6.82. The lowest BCUT2D eigenvalue weighted by molar-refractivity contribution is 0.0953. The molecule has 0 bridgehead atoms. The number of rotatable bonds is 7. The maximum atomic E-state index is 13.9. The van der Waals surface area contributed by atoms with Gasteiger partial charge < -0.3 is 15.6 Å². The van der Waals surface area contributed by atoms with Crippen molar-refractivity contribution >= 4 is 29.6 Å². The topological polar surface area (TPSA) is 81.4 Å². The molecule has 0 saturated carbocycles. The van der Waals surface area contributed by atoms with Crippen molar-refractivity contribution in [2.45, 2.75) is 13.3 Å². The number of nitrogens with two attached hydrogens (primary N) is 1. The van der Waals surface area contributed by atoms with Gasteiger partial charge in [0.25, 0.3) is 5.91 Å². The lowest BCUT2D eigenvalue weighted by Crippen LogP contribution is -2.24. The highest BCUT2D eigenvalue weighted by molar-refractivity contribution is 7.74. The van der Waals surface area contributed by atoms with Gasteiger partial charge in [-0.25, -0.2) is 0 Å². The van der Waals surface area contributed by atoms with Crippen LogP contribution in [0.3, 0.4) is 0 Å². The third-order valence-corrected chi connectivity index (χ3v) is 6.64. The molecule has 6 heteroatoms. The van der Waals surface area contributed by atoms with Crippen molar-refractivity contribution in [3.63, 3.8) is 0 Å². The molecule has 0 aliphatic rings. The Morgan fingerprint density at radius 3 is 2.04 bits per heavy atom. The van der Waals surface area contributed by atoms with E-state index in [9.17, 15) is 9.36 Å². The van der Waals surface area contributed by atoms with Crippen LogP contribution in [0.5, 0.6) is 5.75 Å². The second-order valence-corrected chi connectivity index (χ2v) is 8.64. The van der Waals surface area contributed by atoms with Crippen molar-refractivity contribution in [2.75, 3.05) is 12.3 Å². The number of carbonyl (C=O) groups is 1. The van der Waals surface area contributed by atoms with Crippen molar-refractivity contribution in [1.29, 1.82) is 0 Å². The molecule has 0 spiro atoms. The van der Waals surface area contributed by atoms with E-state index in [4.69, 9.17) is 10.3 Å². The smallest absolute Gasteiger partial charge is 0.306 e. The fraction of sp³-hybridized carbons (Fsp3) is 0.136. The Kier molecular flexibility index (Phi) is 6.17. The summed E-state index contributed by atoms with van der Waals surface area (Å²) in [4.78, 5) is 12.1. The molecule has 0 aliphatic carbocycles. The molecule has 0 unspecified atom stereocenters. The Hall–Kier alpha value is -3.04. The predicted molar refractivity (Wildman–Crippen MR) is 114 cm³/mol. The number of nitrogen functional groups attached to an aromatic ring is 1. The summed E-state index contributed by atoms with van der Waals surface area (Å²) < 4.78 is 20.0. The lowest BCUT2D eigenvalue weighted by atomic mass is 10.2. The SMILES string of the molecule is CCCNC(=O)c1ccc(OP(=O)(c2ccccc2)c2ccccc2)c(N)c1. The summed E-state index contributed by atoms with van der Waals surface area (Å²) in [5.74, 6) is 0.0810. The fourth-order valence-corrected chi connectivity index (χ4v) is 4.84. The molecule has 3 N–H and O–H groups in total. The van der Waals surface area contributed by atoms with E-state index in [1.807, 2.05) is 43.3 Å². The summed E-state index contributed by atoms with van der Waals surface area (Å²) in [6, 6.07) is 22.8. The van der Waals surface area contributed by atoms with Crippen molar-refractivity contribution in [2.24, 2.45) is 0 Å². The van der Waals surface area contributed by atoms with Gasteiger partial charge in [0.05, 0.1) is 16.3 Å². The first-order valence-electron chi connectivity index (χ1n) is 9.13. The van der Waals surface area contributed by atoms with Crippen molar-refractivity contribution in [1.82, 2.24) is 5.32 Å². The molecule has 0 aliphatic heterocycles. The number of nitrogens with one attached hydrogen (secondary N) is 1. The molecule has 0 fully saturated rings. The van der Waals surface area contributed by atoms with Gasteiger partial charge in [-0.3, -0.25) is 9.36 Å². The first-order chi connectivity index (χ1) is 13.5. The van der Waals surface area contributed by atoms with Gasteiger partial charge in [-0.15, -0.1) is 0 Å². The summed E-state index contributed by atoms with van der Waals surface area (Å²) in [6.45, 7) is 2.57. The number of benzene rings is 3. The van der Waals surface area contributed by atoms with Gasteiger partial charge in [-0.1, -0.05) is 43.3 Å². The van der Waals surface area contributed by atoms with E-state index in [0.29, 0.717) is 22.7 Å². The lowest BCUT2D eigenvalue weighted by Gasteiger charge is -2.21. The molecule has 3 aromatic carbocycles. The molecule has 3 aromatic rings. The highest BCUT2D eigenvalue weighted by Gasteiger charge is 2.30. The molecule has 5 nitrogen and oxygen atoms in total. The van der Waals surface area contributed by atoms with Crippen LogP contribution in [0.25, 0.3) is 0 Å². The first-order valence-corrected chi connectivity index (χ1v) is 10.8. The zero-order valence-electron chi connectivity index (χ0n) is 15.7. The monoisotopic (exact) mass is 394 g/mol. The van der Waals surface area contributed by atoms with E-state index in [-0.39, 0.29) is 17.3 Å². The molecular formula is C22H23N2O3P. The van der Waals surface area contributed by atoms with Crippen LogP contribution in [0.2, 0.25) is 0 Å². The Labute approximate surface area is 165 Å². The molecule has 0 aromatic heterocycles. The van der Waals surface area contributed by atoms with E-state index in [1.54, 1.807) is 42.5 Å². The van der Waals surface area contributed by atoms with Crippen LogP contribution in [0.15, 0.2) is 78.9 Å². The fourth-order valence-electron chi connectivity index (χ4n) is 2.75. The Balaban J connectivity index is 1.96. The normalized spacial score (nSPS) is 11.0. The van der Waals surface area contributed by atoms with Gasteiger partial charge in [0.2, 0.25) is 0 Å². The van der Waals surface area contributed by atoms with Crippen molar-refractivity contribution in [3.05, 3.63) is 84.4 Å².